The Hall–Kier alpha value is -2.36. The van der Waals surface area contributed by atoms with E-state index in [1.165, 1.54) is 11.1 Å². The maximum Gasteiger partial charge on any atom is 0.213 e. The summed E-state index contributed by atoms with van der Waals surface area (Å²) >= 11 is 0. The number of ether oxygens (including phenoxy) is 1. The highest BCUT2D eigenvalue weighted by Gasteiger charge is 2.09. The van der Waals surface area contributed by atoms with Crippen LogP contribution in [0, 0.1) is 13.8 Å². The van der Waals surface area contributed by atoms with Gasteiger partial charge >= 0.3 is 0 Å². The molecule has 0 amide bonds. The van der Waals surface area contributed by atoms with Crippen molar-refractivity contribution in [3.8, 4) is 5.88 Å². The first-order valence-corrected chi connectivity index (χ1v) is 8.42. The average Bonchev–Trinajstić information content (AvgIpc) is 2.56. The van der Waals surface area contributed by atoms with Crippen molar-refractivity contribution in [2.75, 3.05) is 13.6 Å². The molecule has 0 saturated carbocycles. The van der Waals surface area contributed by atoms with E-state index in [2.05, 4.69) is 55.0 Å². The zero-order chi connectivity index (χ0) is 17.5. The van der Waals surface area contributed by atoms with Gasteiger partial charge in [0.2, 0.25) is 5.88 Å². The Morgan fingerprint density at radius 1 is 1.21 bits per heavy atom. The molecule has 4 heteroatoms. The molecule has 0 fully saturated rings. The minimum Gasteiger partial charge on any atom is -0.474 e. The van der Waals surface area contributed by atoms with Crippen LogP contribution < -0.4 is 4.74 Å². The molecule has 1 heterocycles. The molecule has 24 heavy (non-hydrogen) atoms. The van der Waals surface area contributed by atoms with E-state index in [0.29, 0.717) is 5.88 Å². The Morgan fingerprint density at radius 3 is 2.62 bits per heavy atom. The lowest BCUT2D eigenvalue weighted by Crippen LogP contribution is -2.16. The van der Waals surface area contributed by atoms with Gasteiger partial charge in [0.05, 0.1) is 17.7 Å². The lowest BCUT2D eigenvalue weighted by Gasteiger charge is -2.16. The Kier molecular flexibility index (Phi) is 6.36. The quantitative estimate of drug-likeness (QED) is 0.562. The largest absolute Gasteiger partial charge is 0.474 e. The number of aryl methyl sites for hydroxylation is 2. The van der Waals surface area contributed by atoms with Crippen LogP contribution in [0.25, 0.3) is 0 Å². The molecule has 0 aliphatic heterocycles. The van der Waals surface area contributed by atoms with Crippen molar-refractivity contribution in [1.29, 1.82) is 0 Å². The molecule has 128 valence electrons. The average molecular weight is 325 g/mol. The predicted molar refractivity (Wildman–Crippen MR) is 100 cm³/mol. The lowest BCUT2D eigenvalue weighted by atomic mass is 10.0. The predicted octanol–water partition coefficient (Wildman–Crippen LogP) is 4.32. The first-order valence-electron chi connectivity index (χ1n) is 8.42. The number of pyridine rings is 1. The van der Waals surface area contributed by atoms with Crippen molar-refractivity contribution in [3.63, 3.8) is 0 Å². The molecule has 0 bridgehead atoms. The van der Waals surface area contributed by atoms with E-state index in [1.54, 1.807) is 0 Å². The van der Waals surface area contributed by atoms with Crippen molar-refractivity contribution >= 4 is 12.0 Å². The van der Waals surface area contributed by atoms with Crippen LogP contribution >= 0.6 is 0 Å². The maximum atomic E-state index is 5.98. The van der Waals surface area contributed by atoms with E-state index < -0.39 is 0 Å². The van der Waals surface area contributed by atoms with Gasteiger partial charge in [-0.05, 0) is 44.9 Å². The van der Waals surface area contributed by atoms with E-state index in [9.17, 15) is 0 Å². The van der Waals surface area contributed by atoms with Gasteiger partial charge in [0, 0.05) is 26.1 Å². The van der Waals surface area contributed by atoms with Gasteiger partial charge in [0.25, 0.3) is 0 Å². The van der Waals surface area contributed by atoms with Crippen LogP contribution in [-0.2, 0) is 6.42 Å². The van der Waals surface area contributed by atoms with Crippen LogP contribution in [0.15, 0.2) is 41.4 Å². The highest BCUT2D eigenvalue weighted by atomic mass is 16.5. The van der Waals surface area contributed by atoms with Crippen LogP contribution in [0.4, 0.5) is 5.69 Å². The fourth-order valence-corrected chi connectivity index (χ4v) is 2.37. The molecule has 0 aliphatic rings. The summed E-state index contributed by atoms with van der Waals surface area (Å²) in [5.41, 5.74) is 4.35. The molecular weight excluding hydrogens is 298 g/mol. The number of benzene rings is 1. The molecule has 1 aromatic carbocycles. The number of aromatic nitrogens is 1. The number of rotatable bonds is 7. The second-order valence-electron chi connectivity index (χ2n) is 6.13. The minimum absolute atomic E-state index is 0.0681. The third-order valence-corrected chi connectivity index (χ3v) is 4.02. The lowest BCUT2D eigenvalue weighted by molar-refractivity contribution is 0.212. The van der Waals surface area contributed by atoms with Gasteiger partial charge in [0.15, 0.2) is 0 Å². The van der Waals surface area contributed by atoms with Crippen LogP contribution in [0.2, 0.25) is 0 Å². The zero-order valence-electron chi connectivity index (χ0n) is 15.3. The topological polar surface area (TPSA) is 37.7 Å². The standard InChI is InChI=1S/C20H27N3O/c1-6-23(5)14-21-19-11-12-20(22-17(19)4)24-16(3)13-18-10-8-7-9-15(18)2/h7-12,14,16H,6,13H2,1-5H3/b21-14+. The highest BCUT2D eigenvalue weighted by molar-refractivity contribution is 5.62. The molecular formula is C20H27N3O. The number of hydrogen-bond acceptors (Lipinski definition) is 3. The van der Waals surface area contributed by atoms with Gasteiger partial charge in [-0.15, -0.1) is 0 Å². The second kappa shape index (κ2) is 8.48. The first kappa shape index (κ1) is 18.0. The van der Waals surface area contributed by atoms with Crippen molar-refractivity contribution in [2.24, 2.45) is 4.99 Å². The van der Waals surface area contributed by atoms with Gasteiger partial charge in [-0.3, -0.25) is 0 Å². The SMILES string of the molecule is CCN(C)/C=N/c1ccc(OC(C)Cc2ccccc2C)nc1C. The van der Waals surface area contributed by atoms with E-state index in [0.717, 1.165) is 24.3 Å². The van der Waals surface area contributed by atoms with Crippen molar-refractivity contribution in [1.82, 2.24) is 9.88 Å². The van der Waals surface area contributed by atoms with Crippen molar-refractivity contribution in [3.05, 3.63) is 53.2 Å². The third-order valence-electron chi connectivity index (χ3n) is 4.02. The van der Waals surface area contributed by atoms with E-state index in [4.69, 9.17) is 4.74 Å². The fraction of sp³-hybridized carbons (Fsp3) is 0.400. The summed E-state index contributed by atoms with van der Waals surface area (Å²) in [6, 6.07) is 12.3. The fourth-order valence-electron chi connectivity index (χ4n) is 2.37. The molecule has 0 N–H and O–H groups in total. The molecule has 4 nitrogen and oxygen atoms in total. The summed E-state index contributed by atoms with van der Waals surface area (Å²) in [4.78, 5) is 11.0. The Bertz CT molecular complexity index is 697. The van der Waals surface area contributed by atoms with Crippen LogP contribution in [0.5, 0.6) is 5.88 Å². The van der Waals surface area contributed by atoms with Gasteiger partial charge in [-0.1, -0.05) is 24.3 Å². The van der Waals surface area contributed by atoms with Gasteiger partial charge in [0.1, 0.15) is 6.10 Å². The highest BCUT2D eigenvalue weighted by Crippen LogP contribution is 2.21. The van der Waals surface area contributed by atoms with Crippen LogP contribution in [0.1, 0.15) is 30.7 Å². The third kappa shape index (κ3) is 5.08. The number of nitrogens with zero attached hydrogens (tertiary/aromatic N) is 3. The summed E-state index contributed by atoms with van der Waals surface area (Å²) in [6.07, 6.45) is 2.76. The molecule has 0 radical (unpaired) electrons. The first-order chi connectivity index (χ1) is 11.5. The minimum atomic E-state index is 0.0681. The summed E-state index contributed by atoms with van der Waals surface area (Å²) in [5.74, 6) is 0.649. The van der Waals surface area contributed by atoms with Crippen LogP contribution in [0.3, 0.4) is 0 Å². The van der Waals surface area contributed by atoms with E-state index >= 15 is 0 Å². The Balaban J connectivity index is 2.01. The maximum absolute atomic E-state index is 5.98. The Morgan fingerprint density at radius 2 is 1.96 bits per heavy atom. The second-order valence-corrected chi connectivity index (χ2v) is 6.13. The van der Waals surface area contributed by atoms with Gasteiger partial charge in [-0.2, -0.15) is 0 Å². The molecule has 1 atom stereocenters. The zero-order valence-corrected chi connectivity index (χ0v) is 15.3. The van der Waals surface area contributed by atoms with Gasteiger partial charge < -0.3 is 9.64 Å². The molecule has 0 saturated heterocycles. The summed E-state index contributed by atoms with van der Waals surface area (Å²) < 4.78 is 5.98. The molecule has 0 spiro atoms. The molecule has 2 rings (SSSR count). The molecule has 2 aromatic rings. The van der Waals surface area contributed by atoms with Gasteiger partial charge in [-0.25, -0.2) is 9.98 Å². The summed E-state index contributed by atoms with van der Waals surface area (Å²) in [7, 11) is 2.00. The summed E-state index contributed by atoms with van der Waals surface area (Å²) in [6.45, 7) is 9.17. The Labute approximate surface area is 145 Å². The van der Waals surface area contributed by atoms with Crippen LogP contribution in [-0.4, -0.2) is 35.9 Å². The van der Waals surface area contributed by atoms with Crippen molar-refractivity contribution in [2.45, 2.75) is 40.2 Å². The molecule has 1 aromatic heterocycles. The summed E-state index contributed by atoms with van der Waals surface area (Å²) in [5, 5.41) is 0. The van der Waals surface area contributed by atoms with E-state index in [-0.39, 0.29) is 6.10 Å². The monoisotopic (exact) mass is 325 g/mol. The molecule has 0 aliphatic carbocycles. The number of aliphatic imine (C=N–C) groups is 1. The van der Waals surface area contributed by atoms with Crippen molar-refractivity contribution < 1.29 is 4.74 Å². The number of hydrogen-bond donors (Lipinski definition) is 0. The smallest absolute Gasteiger partial charge is 0.213 e. The molecule has 1 unspecified atom stereocenters. The van der Waals surface area contributed by atoms with E-state index in [1.807, 2.05) is 37.3 Å². The normalized spacial score (nSPS) is 12.4.